The van der Waals surface area contributed by atoms with Gasteiger partial charge in [-0.1, -0.05) is 41.5 Å². The van der Waals surface area contributed by atoms with Crippen LogP contribution < -0.4 is 32.4 Å². The van der Waals surface area contributed by atoms with Gasteiger partial charge in [0.15, 0.2) is 11.5 Å². The van der Waals surface area contributed by atoms with Crippen LogP contribution in [0.15, 0.2) is 224 Å². The molecule has 0 spiro atoms. The molecular formula is C61H56N14O12S4. The lowest BCUT2D eigenvalue weighted by atomic mass is 10.0. The quantitative estimate of drug-likeness (QED) is 0.0244. The molecule has 14 N–H and O–H groups in total. The predicted octanol–water partition coefficient (Wildman–Crippen LogP) is 14.7. The third-order valence-electron chi connectivity index (χ3n) is 13.8. The lowest BCUT2D eigenvalue weighted by molar-refractivity contribution is 0.472. The molecule has 0 radical (unpaired) electrons. The Morgan fingerprint density at radius 2 is 0.692 bits per heavy atom. The molecular weight excluding hydrogens is 1250 g/mol. The molecule has 466 valence electrons. The minimum atomic E-state index is -4.89. The summed E-state index contributed by atoms with van der Waals surface area (Å²) in [5.41, 5.74) is 30.5. The first-order valence-corrected chi connectivity index (χ1v) is 32.6. The van der Waals surface area contributed by atoms with E-state index in [0.717, 1.165) is 28.8 Å². The second-order valence-electron chi connectivity index (χ2n) is 20.6. The lowest BCUT2D eigenvalue weighted by Crippen LogP contribution is -2.13. The van der Waals surface area contributed by atoms with Crippen molar-refractivity contribution in [1.82, 2.24) is 0 Å². The van der Waals surface area contributed by atoms with E-state index in [1.165, 1.54) is 66.7 Å². The molecule has 0 fully saturated rings. The van der Waals surface area contributed by atoms with Gasteiger partial charge in [0.1, 0.15) is 32.5 Å². The summed E-state index contributed by atoms with van der Waals surface area (Å²) < 4.78 is 125. The number of hydrogen-bond acceptors (Lipinski definition) is 22. The second kappa shape index (κ2) is 25.8. The third kappa shape index (κ3) is 14.9. The number of benzene rings is 10. The Kier molecular flexibility index (Phi) is 18.3. The minimum Gasteiger partial charge on any atom is -0.505 e. The number of phenolic OH excluding ortho intramolecular Hbond substituents is 2. The molecule has 0 heterocycles. The molecule has 10 aromatic carbocycles. The number of aromatic hydroxyl groups is 2. The number of azo groups is 4. The first-order chi connectivity index (χ1) is 42.9. The monoisotopic (exact) mass is 1300 g/mol. The van der Waals surface area contributed by atoms with Crippen LogP contribution in [0.25, 0.3) is 21.5 Å². The van der Waals surface area contributed by atoms with Crippen LogP contribution in [0.4, 0.5) is 79.6 Å². The van der Waals surface area contributed by atoms with Crippen molar-refractivity contribution in [1.29, 1.82) is 0 Å². The highest BCUT2D eigenvalue weighted by molar-refractivity contribution is 7.93. The number of hydrogen-bond donors (Lipinski definition) is 10. The van der Waals surface area contributed by atoms with Crippen LogP contribution in [0, 0.1) is 34.6 Å². The molecule has 0 saturated heterocycles. The molecule has 26 nitrogen and oxygen atoms in total. The van der Waals surface area contributed by atoms with Crippen molar-refractivity contribution < 1.29 is 53.0 Å². The van der Waals surface area contributed by atoms with Crippen molar-refractivity contribution in [3.63, 3.8) is 0 Å². The van der Waals surface area contributed by atoms with Gasteiger partial charge in [-0.15, -0.1) is 20.5 Å². The van der Waals surface area contributed by atoms with Gasteiger partial charge in [-0.3, -0.25) is 18.5 Å². The number of fused-ring (bicyclic) bond motifs is 2. The molecule has 91 heavy (non-hydrogen) atoms. The van der Waals surface area contributed by atoms with Crippen LogP contribution in [0.5, 0.6) is 11.5 Å². The van der Waals surface area contributed by atoms with E-state index >= 15 is 0 Å². The van der Waals surface area contributed by atoms with Crippen molar-refractivity contribution in [3.05, 3.63) is 192 Å². The molecule has 30 heteroatoms. The third-order valence-corrected chi connectivity index (χ3v) is 18.3. The van der Waals surface area contributed by atoms with Crippen molar-refractivity contribution in [2.24, 2.45) is 40.9 Å². The molecule has 0 aliphatic heterocycles. The zero-order chi connectivity index (χ0) is 65.9. The number of sulfonamides is 2. The van der Waals surface area contributed by atoms with Crippen LogP contribution in [0.1, 0.15) is 27.8 Å². The Hall–Kier alpha value is -10.8. The van der Waals surface area contributed by atoms with Crippen LogP contribution in [-0.4, -0.2) is 53.0 Å². The van der Waals surface area contributed by atoms with E-state index in [1.807, 2.05) is 38.1 Å². The average Bonchev–Trinajstić information content (AvgIpc) is 0.765. The van der Waals surface area contributed by atoms with E-state index in [0.29, 0.717) is 39.6 Å². The Morgan fingerprint density at radius 3 is 1.04 bits per heavy atom. The van der Waals surface area contributed by atoms with E-state index in [9.17, 15) is 53.0 Å². The van der Waals surface area contributed by atoms with Gasteiger partial charge < -0.3 is 33.1 Å². The number of nitrogens with one attached hydrogen (secondary N) is 2. The molecule has 0 atom stereocenters. The van der Waals surface area contributed by atoms with Gasteiger partial charge >= 0.3 is 0 Å². The van der Waals surface area contributed by atoms with Gasteiger partial charge in [0.05, 0.1) is 60.4 Å². The Morgan fingerprint density at radius 1 is 0.363 bits per heavy atom. The topological polar surface area (TPSA) is 444 Å². The number of rotatable bonds is 16. The van der Waals surface area contributed by atoms with Crippen LogP contribution in [0.2, 0.25) is 0 Å². The van der Waals surface area contributed by atoms with Gasteiger partial charge in [0, 0.05) is 17.1 Å². The number of nitrogens with zero attached hydrogens (tertiary/aromatic N) is 8. The van der Waals surface area contributed by atoms with Gasteiger partial charge in [-0.05, 0) is 196 Å². The maximum absolute atomic E-state index is 12.9. The Labute approximate surface area is 522 Å². The van der Waals surface area contributed by atoms with E-state index < -0.39 is 72.9 Å². The zero-order valence-corrected chi connectivity index (χ0v) is 51.9. The zero-order valence-electron chi connectivity index (χ0n) is 48.7. The highest BCUT2D eigenvalue weighted by atomic mass is 32.2. The number of anilines is 6. The first kappa shape index (κ1) is 64.7. The number of nitrogen functional groups attached to an aromatic ring is 4. The summed E-state index contributed by atoms with van der Waals surface area (Å²) in [6.45, 7) is 9.04. The van der Waals surface area contributed by atoms with Crippen LogP contribution in [0.3, 0.4) is 0 Å². The van der Waals surface area contributed by atoms with Crippen molar-refractivity contribution >= 4 is 141 Å². The summed E-state index contributed by atoms with van der Waals surface area (Å²) in [4.78, 5) is -1.60. The molecule has 0 unspecified atom stereocenters. The summed E-state index contributed by atoms with van der Waals surface area (Å²) in [5.74, 6) is -1.33. The molecule has 10 rings (SSSR count). The highest BCUT2D eigenvalue weighted by Gasteiger charge is 2.27. The smallest absolute Gasteiger partial charge is 0.296 e. The summed E-state index contributed by atoms with van der Waals surface area (Å²) in [6.07, 6.45) is 0. The Balaban J connectivity index is 0.000000215. The molecule has 0 aliphatic rings. The number of nitrogens with two attached hydrogens (primary N) is 4. The van der Waals surface area contributed by atoms with E-state index in [-0.39, 0.29) is 71.1 Å². The summed E-state index contributed by atoms with van der Waals surface area (Å²) in [7, 11) is -17.7. The summed E-state index contributed by atoms with van der Waals surface area (Å²) in [5, 5.41) is 55.6. The maximum Gasteiger partial charge on any atom is 0.296 e. The van der Waals surface area contributed by atoms with E-state index in [2.05, 4.69) is 50.4 Å². The largest absolute Gasteiger partial charge is 0.505 e. The van der Waals surface area contributed by atoms with Gasteiger partial charge in [-0.25, -0.2) is 16.8 Å². The summed E-state index contributed by atoms with van der Waals surface area (Å²) >= 11 is 0. The van der Waals surface area contributed by atoms with Gasteiger partial charge in [0.2, 0.25) is 0 Å². The number of phenols is 2. The SMILES string of the molecule is Cc1ccc(N=Nc2c(C)cc3cc(S(=O)(=O)O)c(N=Nc4ccc(S(=O)(=O)Nc5ccc(C)c(N)c5)cc4)c(O)c3c2N)cc1.Cc1ccc(N=Nc2c(C)cc3cc(S(=O)(=O)O)c(N=Nc4ccc(S(=O)(=O)Nc5ccc(N)cc5)cc4)c(O)c3c2N)cc1. The standard InChI is InChI=1S/C31H29N7O6S2.C30H27N7O6S2/c1-17-4-7-21(8-5-17)34-36-29-19(3)14-20-15-26(46(42,43)44)30(31(39)27(20)28(29)33)37-35-22-10-12-24(13-11-22)45(40,41)38-23-9-6-18(2)25(32)16-23;1-17-3-7-21(8-4-17)33-35-28-18(2)15-19-16-25(45(41,42)43)29(30(38)26(19)27(28)32)36-34-22-11-13-24(14-12-22)44(39,40)37-23-9-5-20(31)6-10-23/h4-16,38-39H,32-33H2,1-3H3,(H,42,43,44);3-16,37-38H,31-32H2,1-2H3,(H,41,42,43). The average molecular weight is 1310 g/mol. The molecule has 0 bridgehead atoms. The van der Waals surface area contributed by atoms with Crippen LogP contribution >= 0.6 is 0 Å². The first-order valence-electron chi connectivity index (χ1n) is 26.8. The maximum atomic E-state index is 12.9. The van der Waals surface area contributed by atoms with Gasteiger partial charge in [0.25, 0.3) is 40.3 Å². The summed E-state index contributed by atoms with van der Waals surface area (Å²) in [6, 6.07) is 41.2. The van der Waals surface area contributed by atoms with E-state index in [1.54, 1.807) is 81.4 Å². The normalized spacial score (nSPS) is 12.3. The van der Waals surface area contributed by atoms with E-state index in [4.69, 9.17) is 22.9 Å². The Bertz CT molecular complexity index is 5120. The molecule has 0 saturated carbocycles. The fourth-order valence-corrected chi connectivity index (χ4v) is 12.4. The number of aryl methyl sites for hydroxylation is 5. The van der Waals surface area contributed by atoms with Crippen LogP contribution in [-0.2, 0) is 40.3 Å². The second-order valence-corrected chi connectivity index (χ2v) is 26.7. The molecule has 0 amide bonds. The fraction of sp³-hybridized carbons (Fsp3) is 0.0820. The minimum absolute atomic E-state index is 0.000128. The van der Waals surface area contributed by atoms with Crippen molar-refractivity contribution in [2.75, 3.05) is 32.4 Å². The molecule has 10 aromatic rings. The molecule has 0 aliphatic carbocycles. The molecule has 0 aromatic heterocycles. The van der Waals surface area contributed by atoms with Gasteiger partial charge in [-0.2, -0.15) is 37.3 Å². The highest BCUT2D eigenvalue weighted by Crippen LogP contribution is 2.49. The van der Waals surface area contributed by atoms with Crippen molar-refractivity contribution in [2.45, 2.75) is 54.2 Å². The van der Waals surface area contributed by atoms with Crippen molar-refractivity contribution in [3.8, 4) is 11.5 Å². The fourth-order valence-electron chi connectivity index (χ4n) is 8.94. The predicted molar refractivity (Wildman–Crippen MR) is 349 cm³/mol. The lowest BCUT2D eigenvalue weighted by Gasteiger charge is -2.13.